The molecule has 0 radical (unpaired) electrons. The van der Waals surface area contributed by atoms with Crippen LogP contribution < -0.4 is 10.5 Å². The molecule has 1 aromatic rings. The van der Waals surface area contributed by atoms with E-state index in [2.05, 4.69) is 4.72 Å². The molecule has 2 atom stereocenters. The van der Waals surface area contributed by atoms with Crippen molar-refractivity contribution >= 4 is 21.7 Å². The molecule has 1 heterocycles. The Morgan fingerprint density at radius 2 is 2.19 bits per heavy atom. The number of sulfonamides is 1. The normalized spacial score (nSPS) is 25.9. The Hall–Kier alpha value is -1.64. The summed E-state index contributed by atoms with van der Waals surface area (Å²) in [7, 11) is -3.99. The highest BCUT2D eigenvalue weighted by Gasteiger charge is 2.41. The van der Waals surface area contributed by atoms with Gasteiger partial charge in [-0.1, -0.05) is 0 Å². The van der Waals surface area contributed by atoms with Crippen LogP contribution >= 0.6 is 0 Å². The van der Waals surface area contributed by atoms with Gasteiger partial charge < -0.3 is 15.6 Å². The minimum Gasteiger partial charge on any atom is -0.478 e. The van der Waals surface area contributed by atoms with Gasteiger partial charge in [-0.2, -0.15) is 0 Å². The molecule has 1 aromatic carbocycles. The number of benzene rings is 1. The summed E-state index contributed by atoms with van der Waals surface area (Å²) in [6.45, 7) is 3.96. The molecule has 8 heteroatoms. The van der Waals surface area contributed by atoms with Crippen molar-refractivity contribution in [1.29, 1.82) is 0 Å². The molecular formula is C13H18N2O5S. The maximum Gasteiger partial charge on any atom is 0.337 e. The third-order valence-corrected chi connectivity index (χ3v) is 5.45. The van der Waals surface area contributed by atoms with Gasteiger partial charge in [0, 0.05) is 12.3 Å². The molecule has 1 aliphatic heterocycles. The van der Waals surface area contributed by atoms with Crippen LogP contribution in [0.1, 0.15) is 30.6 Å². The highest BCUT2D eigenvalue weighted by molar-refractivity contribution is 7.89. The molecule has 21 heavy (non-hydrogen) atoms. The van der Waals surface area contributed by atoms with Gasteiger partial charge in [-0.25, -0.2) is 17.9 Å². The van der Waals surface area contributed by atoms with Gasteiger partial charge in [-0.3, -0.25) is 0 Å². The van der Waals surface area contributed by atoms with Crippen LogP contribution in [-0.4, -0.2) is 37.7 Å². The highest BCUT2D eigenvalue weighted by atomic mass is 32.2. The smallest absolute Gasteiger partial charge is 0.337 e. The molecule has 0 aromatic heterocycles. The van der Waals surface area contributed by atoms with Crippen molar-refractivity contribution in [3.63, 3.8) is 0 Å². The van der Waals surface area contributed by atoms with E-state index in [0.29, 0.717) is 13.0 Å². The van der Waals surface area contributed by atoms with Crippen LogP contribution in [0, 0.1) is 0 Å². The second-order valence-electron chi connectivity index (χ2n) is 5.35. The molecule has 2 unspecified atom stereocenters. The lowest BCUT2D eigenvalue weighted by molar-refractivity contribution is 0.0692. The Kier molecular flexibility index (Phi) is 3.96. The van der Waals surface area contributed by atoms with E-state index in [1.165, 1.54) is 12.1 Å². The first-order chi connectivity index (χ1) is 9.66. The summed E-state index contributed by atoms with van der Waals surface area (Å²) >= 11 is 0. The van der Waals surface area contributed by atoms with E-state index < -0.39 is 21.5 Å². The maximum atomic E-state index is 12.5. The van der Waals surface area contributed by atoms with Crippen LogP contribution in [0.4, 0.5) is 5.69 Å². The molecule has 1 fully saturated rings. The lowest BCUT2D eigenvalue weighted by Crippen LogP contribution is -2.50. The number of carboxylic acid groups (broad SMARTS) is 1. The van der Waals surface area contributed by atoms with Crippen LogP contribution in [0.2, 0.25) is 0 Å². The summed E-state index contributed by atoms with van der Waals surface area (Å²) in [5, 5.41) is 9.16. The zero-order valence-electron chi connectivity index (χ0n) is 11.8. The predicted octanol–water partition coefficient (Wildman–Crippen LogP) is 0.813. The molecule has 0 spiro atoms. The van der Waals surface area contributed by atoms with E-state index in [-0.39, 0.29) is 22.3 Å². The van der Waals surface area contributed by atoms with Crippen molar-refractivity contribution in [2.45, 2.75) is 36.8 Å². The molecule has 0 bridgehead atoms. The average molecular weight is 314 g/mol. The standard InChI is InChI=1S/C13H18N2O5S/c1-8-13(2,5-6-20-8)15-21(18,19)11-4-3-9(14)7-10(11)12(16)17/h3-4,7-8,15H,5-6,14H2,1-2H3,(H,16,17). The number of nitrogens with one attached hydrogen (secondary N) is 1. The molecule has 0 amide bonds. The van der Waals surface area contributed by atoms with Gasteiger partial charge in [-0.05, 0) is 38.5 Å². The summed E-state index contributed by atoms with van der Waals surface area (Å²) in [5.41, 5.74) is 4.59. The number of carbonyl (C=O) groups is 1. The highest BCUT2D eigenvalue weighted by Crippen LogP contribution is 2.28. The number of nitrogen functional groups attached to an aromatic ring is 1. The van der Waals surface area contributed by atoms with Gasteiger partial charge in [0.2, 0.25) is 10.0 Å². The monoisotopic (exact) mass is 314 g/mol. The van der Waals surface area contributed by atoms with Crippen LogP contribution in [0.5, 0.6) is 0 Å². The van der Waals surface area contributed by atoms with Gasteiger partial charge in [0.05, 0.1) is 22.1 Å². The Morgan fingerprint density at radius 3 is 2.71 bits per heavy atom. The van der Waals surface area contributed by atoms with E-state index >= 15 is 0 Å². The second kappa shape index (κ2) is 5.28. The van der Waals surface area contributed by atoms with Crippen LogP contribution in [0.3, 0.4) is 0 Å². The topological polar surface area (TPSA) is 119 Å². The summed E-state index contributed by atoms with van der Waals surface area (Å²) in [4.78, 5) is 10.9. The Balaban J connectivity index is 2.43. The van der Waals surface area contributed by atoms with Crippen molar-refractivity contribution < 1.29 is 23.1 Å². The predicted molar refractivity (Wildman–Crippen MR) is 76.6 cm³/mol. The Bertz CT molecular complexity index is 673. The summed E-state index contributed by atoms with van der Waals surface area (Å²) in [5.74, 6) is -1.34. The van der Waals surface area contributed by atoms with Gasteiger partial charge in [0.15, 0.2) is 0 Å². The fraction of sp³-hybridized carbons (Fsp3) is 0.462. The van der Waals surface area contributed by atoms with E-state index in [0.717, 1.165) is 6.07 Å². The summed E-state index contributed by atoms with van der Waals surface area (Å²) < 4.78 is 32.9. The molecular weight excluding hydrogens is 296 g/mol. The van der Waals surface area contributed by atoms with Crippen molar-refractivity contribution in [2.75, 3.05) is 12.3 Å². The van der Waals surface area contributed by atoms with Gasteiger partial charge in [0.1, 0.15) is 0 Å². The molecule has 1 saturated heterocycles. The third-order valence-electron chi connectivity index (χ3n) is 3.78. The SMILES string of the molecule is CC1OCCC1(C)NS(=O)(=O)c1ccc(N)cc1C(=O)O. The zero-order chi connectivity index (χ0) is 15.8. The van der Waals surface area contributed by atoms with Crippen LogP contribution in [-0.2, 0) is 14.8 Å². The molecule has 4 N–H and O–H groups in total. The van der Waals surface area contributed by atoms with Gasteiger partial charge in [0.25, 0.3) is 0 Å². The van der Waals surface area contributed by atoms with Crippen molar-refractivity contribution in [1.82, 2.24) is 4.72 Å². The summed E-state index contributed by atoms with van der Waals surface area (Å²) in [6.07, 6.45) is 0.222. The summed E-state index contributed by atoms with van der Waals surface area (Å²) in [6, 6.07) is 3.69. The molecule has 1 aliphatic rings. The quantitative estimate of drug-likeness (QED) is 0.708. The van der Waals surface area contributed by atoms with E-state index in [1.807, 2.05) is 0 Å². The minimum atomic E-state index is -3.99. The number of rotatable bonds is 4. The van der Waals surface area contributed by atoms with Crippen LogP contribution in [0.15, 0.2) is 23.1 Å². The van der Waals surface area contributed by atoms with Crippen molar-refractivity contribution in [3.05, 3.63) is 23.8 Å². The van der Waals surface area contributed by atoms with Crippen molar-refractivity contribution in [2.24, 2.45) is 0 Å². The Labute approximate surface area is 123 Å². The largest absolute Gasteiger partial charge is 0.478 e. The number of aromatic carboxylic acids is 1. The fourth-order valence-corrected chi connectivity index (χ4v) is 3.95. The number of anilines is 1. The van der Waals surface area contributed by atoms with Crippen molar-refractivity contribution in [3.8, 4) is 0 Å². The van der Waals surface area contributed by atoms with Gasteiger partial charge in [-0.15, -0.1) is 0 Å². The minimum absolute atomic E-state index is 0.190. The molecule has 7 nitrogen and oxygen atoms in total. The Morgan fingerprint density at radius 1 is 1.52 bits per heavy atom. The number of carboxylic acids is 1. The lowest BCUT2D eigenvalue weighted by Gasteiger charge is -2.28. The van der Waals surface area contributed by atoms with Crippen LogP contribution in [0.25, 0.3) is 0 Å². The maximum absolute atomic E-state index is 12.5. The molecule has 2 rings (SSSR count). The second-order valence-corrected chi connectivity index (χ2v) is 7.00. The number of nitrogens with two attached hydrogens (primary N) is 1. The van der Waals surface area contributed by atoms with E-state index in [9.17, 15) is 13.2 Å². The first-order valence-electron chi connectivity index (χ1n) is 6.44. The molecule has 116 valence electrons. The average Bonchev–Trinajstić information content (AvgIpc) is 2.67. The van der Waals surface area contributed by atoms with E-state index in [1.54, 1.807) is 13.8 Å². The molecule has 0 saturated carbocycles. The fourth-order valence-electron chi connectivity index (χ4n) is 2.28. The van der Waals surface area contributed by atoms with E-state index in [4.69, 9.17) is 15.6 Å². The van der Waals surface area contributed by atoms with Gasteiger partial charge >= 0.3 is 5.97 Å². The molecule has 0 aliphatic carbocycles. The lowest BCUT2D eigenvalue weighted by atomic mass is 9.97. The number of hydrogen-bond acceptors (Lipinski definition) is 5. The number of ether oxygens (including phenoxy) is 1. The number of hydrogen-bond donors (Lipinski definition) is 3. The zero-order valence-corrected chi connectivity index (χ0v) is 12.6. The third kappa shape index (κ3) is 3.02. The first-order valence-corrected chi connectivity index (χ1v) is 7.92. The first kappa shape index (κ1) is 15.7.